The van der Waals surface area contributed by atoms with Crippen molar-refractivity contribution in [2.45, 2.75) is 6.54 Å². The Labute approximate surface area is 120 Å². The quantitative estimate of drug-likeness (QED) is 0.910. The maximum Gasteiger partial charge on any atom is 0.285 e. The Balaban J connectivity index is 1.82. The van der Waals surface area contributed by atoms with Crippen molar-refractivity contribution < 1.29 is 9.53 Å². The van der Waals surface area contributed by atoms with Gasteiger partial charge in [0.2, 0.25) is 10.1 Å². The summed E-state index contributed by atoms with van der Waals surface area (Å²) in [6.45, 7) is 1.56. The van der Waals surface area contributed by atoms with Crippen LogP contribution in [-0.2, 0) is 6.54 Å². The van der Waals surface area contributed by atoms with Crippen molar-refractivity contribution in [3.8, 4) is 5.75 Å². The number of ether oxygens (including phenoxy) is 1. The normalized spacial score (nSPS) is 14.2. The van der Waals surface area contributed by atoms with E-state index in [0.717, 1.165) is 11.3 Å². The highest BCUT2D eigenvalue weighted by atomic mass is 32.1. The lowest BCUT2D eigenvalue weighted by Crippen LogP contribution is -2.32. The molecule has 0 bridgehead atoms. The van der Waals surface area contributed by atoms with E-state index < -0.39 is 0 Å². The molecule has 104 valence electrons. The maximum absolute atomic E-state index is 12.4. The molecule has 1 amide bonds. The fraction of sp³-hybridized carbons (Fsp3) is 0.308. The number of benzene rings is 1. The molecule has 0 saturated carbocycles. The number of nitrogens with one attached hydrogen (secondary N) is 1. The summed E-state index contributed by atoms with van der Waals surface area (Å²) < 4.78 is 5.65. The molecule has 20 heavy (non-hydrogen) atoms. The number of carbonyl (C=O) groups is 1. The van der Waals surface area contributed by atoms with Crippen molar-refractivity contribution in [1.82, 2.24) is 15.1 Å². The first kappa shape index (κ1) is 12.9. The minimum atomic E-state index is -0.107. The number of aromatic nitrogens is 2. The molecule has 0 atom stereocenters. The van der Waals surface area contributed by atoms with Gasteiger partial charge < -0.3 is 15.0 Å². The van der Waals surface area contributed by atoms with Crippen LogP contribution >= 0.6 is 11.3 Å². The first-order chi connectivity index (χ1) is 9.78. The first-order valence-electron chi connectivity index (χ1n) is 6.29. The summed E-state index contributed by atoms with van der Waals surface area (Å²) in [4.78, 5) is 14.2. The molecule has 1 aliphatic heterocycles. The van der Waals surface area contributed by atoms with Crippen LogP contribution in [0.2, 0.25) is 0 Å². The Morgan fingerprint density at radius 2 is 2.25 bits per heavy atom. The number of hydrogen-bond donors (Lipinski definition) is 1. The zero-order valence-electron chi connectivity index (χ0n) is 11.0. The zero-order chi connectivity index (χ0) is 13.9. The molecule has 0 radical (unpaired) electrons. The Kier molecular flexibility index (Phi) is 3.51. The lowest BCUT2D eigenvalue weighted by molar-refractivity contribution is 0.0732. The highest BCUT2D eigenvalue weighted by molar-refractivity contribution is 7.17. The fourth-order valence-electron chi connectivity index (χ4n) is 2.05. The van der Waals surface area contributed by atoms with E-state index in [0.29, 0.717) is 29.8 Å². The maximum atomic E-state index is 12.4. The summed E-state index contributed by atoms with van der Waals surface area (Å²) in [6.07, 6.45) is 0. The number of amides is 1. The monoisotopic (exact) mass is 290 g/mol. The van der Waals surface area contributed by atoms with Crippen LogP contribution < -0.4 is 10.1 Å². The standard InChI is InChI=1S/C13H14N4O2S/c1-14-13-16-15-11(20-13)12(18)17-6-7-19-10-5-3-2-4-9(10)8-17/h2-5H,6-8H2,1H3,(H,14,16). The number of nitrogens with zero attached hydrogens (tertiary/aromatic N) is 3. The van der Waals surface area contributed by atoms with Gasteiger partial charge in [-0.05, 0) is 6.07 Å². The van der Waals surface area contributed by atoms with Crippen LogP contribution in [0.4, 0.5) is 5.13 Å². The fourth-order valence-corrected chi connectivity index (χ4v) is 2.71. The Hall–Kier alpha value is -2.15. The Morgan fingerprint density at radius 1 is 1.40 bits per heavy atom. The van der Waals surface area contributed by atoms with E-state index in [1.165, 1.54) is 11.3 Å². The average molecular weight is 290 g/mol. The van der Waals surface area contributed by atoms with Gasteiger partial charge in [0.1, 0.15) is 12.4 Å². The summed E-state index contributed by atoms with van der Waals surface area (Å²) in [7, 11) is 1.75. The van der Waals surface area contributed by atoms with Crippen LogP contribution in [0.25, 0.3) is 0 Å². The van der Waals surface area contributed by atoms with Crippen molar-refractivity contribution >= 4 is 22.4 Å². The second-order valence-corrected chi connectivity index (χ2v) is 5.32. The van der Waals surface area contributed by atoms with Crippen molar-refractivity contribution in [3.05, 3.63) is 34.8 Å². The third kappa shape index (κ3) is 2.44. The number of carbonyl (C=O) groups excluding carboxylic acids is 1. The SMILES string of the molecule is CNc1nnc(C(=O)N2CCOc3ccccc3C2)s1. The van der Waals surface area contributed by atoms with Crippen LogP contribution in [0, 0.1) is 0 Å². The molecule has 0 fully saturated rings. The van der Waals surface area contributed by atoms with Gasteiger partial charge in [-0.3, -0.25) is 4.79 Å². The lowest BCUT2D eigenvalue weighted by Gasteiger charge is -2.17. The molecule has 1 aromatic carbocycles. The molecule has 1 N–H and O–H groups in total. The van der Waals surface area contributed by atoms with E-state index in [9.17, 15) is 4.79 Å². The van der Waals surface area contributed by atoms with Gasteiger partial charge in [-0.2, -0.15) is 0 Å². The molecule has 3 rings (SSSR count). The number of rotatable bonds is 2. The Morgan fingerprint density at radius 3 is 3.05 bits per heavy atom. The van der Waals surface area contributed by atoms with Gasteiger partial charge in [0, 0.05) is 19.2 Å². The van der Waals surface area contributed by atoms with Crippen LogP contribution in [0.15, 0.2) is 24.3 Å². The van der Waals surface area contributed by atoms with Crippen molar-refractivity contribution in [2.24, 2.45) is 0 Å². The predicted molar refractivity (Wildman–Crippen MR) is 76.1 cm³/mol. The highest BCUT2D eigenvalue weighted by Gasteiger charge is 2.23. The second-order valence-electron chi connectivity index (χ2n) is 4.35. The largest absolute Gasteiger partial charge is 0.491 e. The van der Waals surface area contributed by atoms with Gasteiger partial charge in [0.25, 0.3) is 5.91 Å². The van der Waals surface area contributed by atoms with Crippen LogP contribution in [0.5, 0.6) is 5.75 Å². The summed E-state index contributed by atoms with van der Waals surface area (Å²) >= 11 is 1.26. The zero-order valence-corrected chi connectivity index (χ0v) is 11.8. The second kappa shape index (κ2) is 5.46. The van der Waals surface area contributed by atoms with Gasteiger partial charge in [0.05, 0.1) is 6.54 Å². The van der Waals surface area contributed by atoms with Gasteiger partial charge >= 0.3 is 0 Å². The van der Waals surface area contributed by atoms with Gasteiger partial charge in [-0.15, -0.1) is 10.2 Å². The molecule has 2 aromatic rings. The predicted octanol–water partition coefficient (Wildman–Crippen LogP) is 1.61. The third-order valence-corrected chi connectivity index (χ3v) is 3.99. The van der Waals surface area contributed by atoms with Crippen LogP contribution in [0.1, 0.15) is 15.4 Å². The van der Waals surface area contributed by atoms with E-state index in [4.69, 9.17) is 4.74 Å². The minimum Gasteiger partial charge on any atom is -0.491 e. The van der Waals surface area contributed by atoms with Crippen molar-refractivity contribution in [2.75, 3.05) is 25.5 Å². The van der Waals surface area contributed by atoms with E-state index in [2.05, 4.69) is 15.5 Å². The summed E-state index contributed by atoms with van der Waals surface area (Å²) in [5.74, 6) is 0.736. The molecule has 0 saturated heterocycles. The minimum absolute atomic E-state index is 0.107. The molecule has 0 spiro atoms. The van der Waals surface area contributed by atoms with Crippen LogP contribution in [-0.4, -0.2) is 41.2 Å². The van der Waals surface area contributed by atoms with Crippen LogP contribution in [0.3, 0.4) is 0 Å². The number of anilines is 1. The van der Waals surface area contributed by atoms with E-state index in [1.807, 2.05) is 24.3 Å². The number of hydrogen-bond acceptors (Lipinski definition) is 6. The smallest absolute Gasteiger partial charge is 0.285 e. The third-order valence-electron chi connectivity index (χ3n) is 3.06. The van der Waals surface area contributed by atoms with Gasteiger partial charge in [-0.1, -0.05) is 29.5 Å². The summed E-state index contributed by atoms with van der Waals surface area (Å²) in [5.41, 5.74) is 1.01. The lowest BCUT2D eigenvalue weighted by atomic mass is 10.2. The van der Waals surface area contributed by atoms with E-state index in [-0.39, 0.29) is 5.91 Å². The molecule has 6 nitrogen and oxygen atoms in total. The average Bonchev–Trinajstić information content (AvgIpc) is 2.85. The Bertz CT molecular complexity index is 628. The van der Waals surface area contributed by atoms with Gasteiger partial charge in [-0.25, -0.2) is 0 Å². The molecule has 2 heterocycles. The molecule has 0 unspecified atom stereocenters. The number of fused-ring (bicyclic) bond motifs is 1. The highest BCUT2D eigenvalue weighted by Crippen LogP contribution is 2.24. The summed E-state index contributed by atoms with van der Waals surface area (Å²) in [6, 6.07) is 7.77. The molecule has 1 aliphatic rings. The molecule has 0 aliphatic carbocycles. The van der Waals surface area contributed by atoms with Crippen molar-refractivity contribution in [3.63, 3.8) is 0 Å². The van der Waals surface area contributed by atoms with Gasteiger partial charge in [0.15, 0.2) is 0 Å². The molecular formula is C13H14N4O2S. The van der Waals surface area contributed by atoms with E-state index >= 15 is 0 Å². The number of para-hydroxylation sites is 1. The molecule has 7 heteroatoms. The topological polar surface area (TPSA) is 67.4 Å². The first-order valence-corrected chi connectivity index (χ1v) is 7.11. The summed E-state index contributed by atoms with van der Waals surface area (Å²) in [5, 5.41) is 11.7. The molecule has 1 aromatic heterocycles. The van der Waals surface area contributed by atoms with Crippen molar-refractivity contribution in [1.29, 1.82) is 0 Å². The molecular weight excluding hydrogens is 276 g/mol. The van der Waals surface area contributed by atoms with E-state index in [1.54, 1.807) is 11.9 Å².